The Hall–Kier alpha value is -2.25. The van der Waals surface area contributed by atoms with Gasteiger partial charge < -0.3 is 14.0 Å². The van der Waals surface area contributed by atoms with Crippen LogP contribution in [0.15, 0.2) is 46.1 Å². The fourth-order valence-electron chi connectivity index (χ4n) is 2.51. The zero-order chi connectivity index (χ0) is 18.1. The highest BCUT2D eigenvalue weighted by atomic mass is 79.9. The van der Waals surface area contributed by atoms with Gasteiger partial charge in [-0.25, -0.2) is 9.78 Å². The van der Waals surface area contributed by atoms with Gasteiger partial charge in [-0.15, -0.1) is 0 Å². The van der Waals surface area contributed by atoms with Gasteiger partial charge in [0.2, 0.25) is 5.88 Å². The maximum Gasteiger partial charge on any atom is 0.332 e. The second-order valence-corrected chi connectivity index (χ2v) is 6.42. The lowest BCUT2D eigenvalue weighted by atomic mass is 10.1. The molecule has 0 aliphatic rings. The molecule has 8 heteroatoms. The number of benzene rings is 1. The Bertz CT molecular complexity index is 997. The van der Waals surface area contributed by atoms with Crippen molar-refractivity contribution in [2.24, 2.45) is 7.05 Å². The number of methoxy groups -OCH3 is 2. The molecule has 0 spiro atoms. The minimum atomic E-state index is -0.166. The average molecular weight is 425 g/mol. The van der Waals surface area contributed by atoms with Gasteiger partial charge in [0.15, 0.2) is 10.4 Å². The third-order valence-electron chi connectivity index (χ3n) is 3.79. The molecule has 1 aromatic carbocycles. The van der Waals surface area contributed by atoms with E-state index in [0.29, 0.717) is 26.9 Å². The van der Waals surface area contributed by atoms with Gasteiger partial charge >= 0.3 is 5.69 Å². The van der Waals surface area contributed by atoms with Crippen LogP contribution in [0.5, 0.6) is 11.6 Å². The molecule has 0 aliphatic heterocycles. The minimum Gasteiger partial charge on any atom is -0.493 e. The first kappa shape index (κ1) is 17.6. The lowest BCUT2D eigenvalue weighted by Crippen LogP contribution is -2.20. The highest BCUT2D eigenvalue weighted by Gasteiger charge is 2.16. The van der Waals surface area contributed by atoms with Gasteiger partial charge in [-0.2, -0.15) is 0 Å². The van der Waals surface area contributed by atoms with Gasteiger partial charge in [0.1, 0.15) is 0 Å². The lowest BCUT2D eigenvalue weighted by molar-refractivity contribution is 0.386. The Kier molecular flexibility index (Phi) is 4.87. The summed E-state index contributed by atoms with van der Waals surface area (Å²) in [4.78, 5) is 16.4. The molecular formula is C17H15BrClN3O3. The van der Waals surface area contributed by atoms with Crippen LogP contribution in [0, 0.1) is 0 Å². The molecule has 0 N–H and O–H groups in total. The number of aryl methyl sites for hydroxylation is 1. The van der Waals surface area contributed by atoms with Crippen molar-refractivity contribution < 1.29 is 9.47 Å². The first-order valence-corrected chi connectivity index (χ1v) is 8.46. The Morgan fingerprint density at radius 1 is 1.16 bits per heavy atom. The largest absolute Gasteiger partial charge is 0.493 e. The molecule has 0 aliphatic carbocycles. The Morgan fingerprint density at radius 3 is 2.48 bits per heavy atom. The van der Waals surface area contributed by atoms with Crippen molar-refractivity contribution in [3.8, 4) is 28.4 Å². The van der Waals surface area contributed by atoms with Crippen LogP contribution in [0.2, 0.25) is 5.02 Å². The number of rotatable bonds is 4. The van der Waals surface area contributed by atoms with Crippen molar-refractivity contribution in [3.63, 3.8) is 0 Å². The van der Waals surface area contributed by atoms with E-state index in [4.69, 9.17) is 21.1 Å². The maximum absolute atomic E-state index is 12.1. The van der Waals surface area contributed by atoms with E-state index in [-0.39, 0.29) is 5.69 Å². The summed E-state index contributed by atoms with van der Waals surface area (Å²) >= 11 is 9.82. The number of ether oxygens (including phenoxy) is 2. The SMILES string of the molecule is COc1cc(-c2ccc(-n3ccn(C)c3=O)c(Cl)c2)c(OC)c(Br)n1. The monoisotopic (exact) mass is 423 g/mol. The molecule has 0 bridgehead atoms. The lowest BCUT2D eigenvalue weighted by Gasteiger charge is -2.13. The summed E-state index contributed by atoms with van der Waals surface area (Å²) in [5.41, 5.74) is 2.03. The van der Waals surface area contributed by atoms with Gasteiger partial charge in [0.25, 0.3) is 0 Å². The van der Waals surface area contributed by atoms with E-state index < -0.39 is 0 Å². The standard InChI is InChI=1S/C17H15BrClN3O3/c1-21-6-7-22(17(21)23)13-5-4-10(8-12(13)19)11-9-14(24-2)20-16(18)15(11)25-3/h4-9H,1-3H3. The van der Waals surface area contributed by atoms with Gasteiger partial charge in [-0.05, 0) is 33.6 Å². The molecule has 2 heterocycles. The van der Waals surface area contributed by atoms with Crippen LogP contribution < -0.4 is 15.2 Å². The summed E-state index contributed by atoms with van der Waals surface area (Å²) in [7, 11) is 4.80. The summed E-state index contributed by atoms with van der Waals surface area (Å²) in [5.74, 6) is 1.02. The minimum absolute atomic E-state index is 0.166. The highest BCUT2D eigenvalue weighted by Crippen LogP contribution is 2.39. The maximum atomic E-state index is 12.1. The van der Waals surface area contributed by atoms with Crippen LogP contribution in [-0.2, 0) is 7.05 Å². The second-order valence-electron chi connectivity index (χ2n) is 5.26. The molecule has 130 valence electrons. The van der Waals surface area contributed by atoms with Crippen molar-refractivity contribution in [1.29, 1.82) is 0 Å². The van der Waals surface area contributed by atoms with E-state index in [0.717, 1.165) is 11.1 Å². The zero-order valence-corrected chi connectivity index (χ0v) is 16.1. The molecule has 0 radical (unpaired) electrons. The summed E-state index contributed by atoms with van der Waals surface area (Å²) in [6.45, 7) is 0. The van der Waals surface area contributed by atoms with Crippen LogP contribution in [0.3, 0.4) is 0 Å². The number of nitrogens with zero attached hydrogens (tertiary/aromatic N) is 3. The number of hydrogen-bond acceptors (Lipinski definition) is 4. The number of imidazole rings is 1. The van der Waals surface area contributed by atoms with Crippen molar-refractivity contribution >= 4 is 27.5 Å². The molecule has 0 fully saturated rings. The molecule has 3 aromatic rings. The Balaban J connectivity index is 2.15. The molecule has 0 saturated carbocycles. The molecule has 0 saturated heterocycles. The first-order chi connectivity index (χ1) is 12.0. The summed E-state index contributed by atoms with van der Waals surface area (Å²) in [6, 6.07) is 7.20. The second kappa shape index (κ2) is 6.93. The van der Waals surface area contributed by atoms with Gasteiger partial charge in [-0.3, -0.25) is 4.57 Å². The van der Waals surface area contributed by atoms with Crippen LogP contribution in [0.25, 0.3) is 16.8 Å². The summed E-state index contributed by atoms with van der Waals surface area (Å²) in [5, 5.41) is 0.444. The van der Waals surface area contributed by atoms with Crippen LogP contribution in [0.4, 0.5) is 0 Å². The van der Waals surface area contributed by atoms with Crippen molar-refractivity contribution in [3.05, 3.63) is 56.8 Å². The number of aromatic nitrogens is 3. The fraction of sp³-hybridized carbons (Fsp3) is 0.176. The van der Waals surface area contributed by atoms with Gasteiger partial charge in [-0.1, -0.05) is 17.7 Å². The molecule has 0 atom stereocenters. The molecule has 0 amide bonds. The van der Waals surface area contributed by atoms with E-state index in [1.165, 1.54) is 9.13 Å². The van der Waals surface area contributed by atoms with E-state index in [2.05, 4.69) is 20.9 Å². The van der Waals surface area contributed by atoms with Crippen molar-refractivity contribution in [2.45, 2.75) is 0 Å². The normalized spacial score (nSPS) is 10.8. The van der Waals surface area contributed by atoms with Crippen LogP contribution in [0.1, 0.15) is 0 Å². The third-order valence-corrected chi connectivity index (χ3v) is 4.63. The quantitative estimate of drug-likeness (QED) is 0.600. The Morgan fingerprint density at radius 2 is 1.92 bits per heavy atom. The van der Waals surface area contributed by atoms with Crippen molar-refractivity contribution in [1.82, 2.24) is 14.1 Å². The highest BCUT2D eigenvalue weighted by molar-refractivity contribution is 9.10. The van der Waals surface area contributed by atoms with Crippen LogP contribution in [-0.4, -0.2) is 28.3 Å². The predicted octanol–water partition coefficient (Wildman–Crippen LogP) is 3.67. The van der Waals surface area contributed by atoms with E-state index in [1.54, 1.807) is 51.9 Å². The Labute approximate surface area is 157 Å². The summed E-state index contributed by atoms with van der Waals surface area (Å²) in [6.07, 6.45) is 3.36. The average Bonchev–Trinajstić information content (AvgIpc) is 2.93. The first-order valence-electron chi connectivity index (χ1n) is 7.29. The van der Waals surface area contributed by atoms with E-state index in [1.807, 2.05) is 6.07 Å². The van der Waals surface area contributed by atoms with E-state index in [9.17, 15) is 4.79 Å². The molecule has 25 heavy (non-hydrogen) atoms. The molecule has 0 unspecified atom stereocenters. The van der Waals surface area contributed by atoms with E-state index >= 15 is 0 Å². The zero-order valence-electron chi connectivity index (χ0n) is 13.8. The molecule has 3 rings (SSSR count). The number of halogens is 2. The predicted molar refractivity (Wildman–Crippen MR) is 100 cm³/mol. The smallest absolute Gasteiger partial charge is 0.332 e. The number of pyridine rings is 1. The molecular weight excluding hydrogens is 410 g/mol. The summed E-state index contributed by atoms with van der Waals surface area (Å²) < 4.78 is 14.2. The third kappa shape index (κ3) is 3.17. The number of hydrogen-bond donors (Lipinski definition) is 0. The van der Waals surface area contributed by atoms with Gasteiger partial charge in [0.05, 0.1) is 24.9 Å². The van der Waals surface area contributed by atoms with Crippen LogP contribution >= 0.6 is 27.5 Å². The molecule has 6 nitrogen and oxygen atoms in total. The topological polar surface area (TPSA) is 58.3 Å². The fourth-order valence-corrected chi connectivity index (χ4v) is 3.33. The van der Waals surface area contributed by atoms with Gasteiger partial charge in [0, 0.05) is 31.1 Å². The van der Waals surface area contributed by atoms with Crippen molar-refractivity contribution in [2.75, 3.05) is 14.2 Å². The molecule has 2 aromatic heterocycles.